The third-order valence-electron chi connectivity index (χ3n) is 5.28. The van der Waals surface area contributed by atoms with Gasteiger partial charge < -0.3 is 9.64 Å². The molecule has 0 aromatic heterocycles. The number of hydrogen-bond acceptors (Lipinski definition) is 3. The maximum atomic E-state index is 12.3. The van der Waals surface area contributed by atoms with Gasteiger partial charge >= 0.3 is 6.09 Å². The van der Waals surface area contributed by atoms with E-state index in [-0.39, 0.29) is 6.09 Å². The van der Waals surface area contributed by atoms with Crippen LogP contribution in [0.5, 0.6) is 0 Å². The maximum absolute atomic E-state index is 12.3. The predicted molar refractivity (Wildman–Crippen MR) is 137 cm³/mol. The molecule has 0 unspecified atom stereocenters. The third-order valence-corrected chi connectivity index (χ3v) is 7.78. The van der Waals surface area contributed by atoms with Crippen molar-refractivity contribution >= 4 is 36.8 Å². The minimum absolute atomic E-state index is 0.205. The van der Waals surface area contributed by atoms with Crippen molar-refractivity contribution in [3.8, 4) is 11.5 Å². The molecule has 1 heterocycles. The second kappa shape index (κ2) is 9.62. The SMILES string of the molecule is Cc1c(I)c(C)c(CN2CCN(C(=O)OC(C)(C)C)CC2)c(C)c1C#C[Si](C)(C)C. The molecule has 0 atom stereocenters. The zero-order valence-corrected chi connectivity index (χ0v) is 23.3. The zero-order chi connectivity index (χ0) is 22.9. The molecule has 1 saturated heterocycles. The van der Waals surface area contributed by atoms with Crippen LogP contribution in [0.25, 0.3) is 0 Å². The summed E-state index contributed by atoms with van der Waals surface area (Å²) in [5, 5.41) is 0. The first-order chi connectivity index (χ1) is 13.7. The zero-order valence-electron chi connectivity index (χ0n) is 20.1. The van der Waals surface area contributed by atoms with Gasteiger partial charge in [-0.2, -0.15) is 0 Å². The molecule has 0 bridgehead atoms. The van der Waals surface area contributed by atoms with E-state index in [0.29, 0.717) is 13.1 Å². The lowest BCUT2D eigenvalue weighted by Gasteiger charge is -2.36. The van der Waals surface area contributed by atoms with Gasteiger partial charge in [0.15, 0.2) is 0 Å². The lowest BCUT2D eigenvalue weighted by molar-refractivity contribution is 0.0138. The van der Waals surface area contributed by atoms with Gasteiger partial charge in [-0.15, -0.1) is 5.54 Å². The molecule has 4 nitrogen and oxygen atoms in total. The normalized spacial score (nSPS) is 15.6. The highest BCUT2D eigenvalue weighted by atomic mass is 127. The van der Waals surface area contributed by atoms with E-state index in [1.165, 1.54) is 31.4 Å². The Balaban J connectivity index is 2.19. The summed E-state index contributed by atoms with van der Waals surface area (Å²) in [6, 6.07) is 0. The minimum atomic E-state index is -1.44. The lowest BCUT2D eigenvalue weighted by atomic mass is 9.93. The van der Waals surface area contributed by atoms with Crippen LogP contribution in [0.1, 0.15) is 48.6 Å². The van der Waals surface area contributed by atoms with Gasteiger partial charge in [0.2, 0.25) is 0 Å². The first-order valence-electron chi connectivity index (χ1n) is 10.7. The summed E-state index contributed by atoms with van der Waals surface area (Å²) in [6.45, 7) is 23.3. The molecule has 0 spiro atoms. The molecule has 6 heteroatoms. The van der Waals surface area contributed by atoms with E-state index in [0.717, 1.165) is 19.6 Å². The summed E-state index contributed by atoms with van der Waals surface area (Å²) < 4.78 is 6.84. The molecule has 1 amide bonds. The van der Waals surface area contributed by atoms with E-state index in [1.807, 2.05) is 25.7 Å². The number of halogens is 1. The number of benzene rings is 1. The average Bonchev–Trinajstić information content (AvgIpc) is 2.61. The third kappa shape index (κ3) is 6.73. The van der Waals surface area contributed by atoms with Crippen molar-refractivity contribution in [2.45, 2.75) is 73.3 Å². The van der Waals surface area contributed by atoms with Crippen molar-refractivity contribution in [1.82, 2.24) is 9.80 Å². The fraction of sp³-hybridized carbons (Fsp3) is 0.625. The van der Waals surface area contributed by atoms with Gasteiger partial charge in [0, 0.05) is 41.9 Å². The molecule has 0 radical (unpaired) electrons. The van der Waals surface area contributed by atoms with Crippen molar-refractivity contribution in [3.05, 3.63) is 31.4 Å². The van der Waals surface area contributed by atoms with E-state index in [2.05, 4.69) is 79.4 Å². The van der Waals surface area contributed by atoms with Crippen molar-refractivity contribution < 1.29 is 9.53 Å². The van der Waals surface area contributed by atoms with Gasteiger partial charge in [-0.05, 0) is 86.4 Å². The summed E-state index contributed by atoms with van der Waals surface area (Å²) in [6.07, 6.45) is -0.205. The van der Waals surface area contributed by atoms with E-state index in [9.17, 15) is 4.79 Å². The number of carbonyl (C=O) groups is 1. The quantitative estimate of drug-likeness (QED) is 0.282. The first-order valence-corrected chi connectivity index (χ1v) is 15.3. The minimum Gasteiger partial charge on any atom is -0.444 e. The van der Waals surface area contributed by atoms with Gasteiger partial charge in [0.1, 0.15) is 13.7 Å². The monoisotopic (exact) mass is 540 g/mol. The van der Waals surface area contributed by atoms with Gasteiger partial charge in [-0.25, -0.2) is 4.79 Å². The second-order valence-electron chi connectivity index (χ2n) is 10.3. The molecule has 1 aromatic carbocycles. The predicted octanol–water partition coefficient (Wildman–Crippen LogP) is 5.50. The average molecular weight is 541 g/mol. The van der Waals surface area contributed by atoms with Crippen molar-refractivity contribution in [1.29, 1.82) is 0 Å². The Hall–Kier alpha value is -1.04. The van der Waals surface area contributed by atoms with Crippen molar-refractivity contribution in [2.24, 2.45) is 0 Å². The number of hydrogen-bond donors (Lipinski definition) is 0. The molecular weight excluding hydrogens is 503 g/mol. The fourth-order valence-electron chi connectivity index (χ4n) is 3.55. The van der Waals surface area contributed by atoms with Crippen molar-refractivity contribution in [2.75, 3.05) is 26.2 Å². The Morgan fingerprint density at radius 1 is 1.03 bits per heavy atom. The molecular formula is C24H37IN2O2Si. The van der Waals surface area contributed by atoms with Crippen LogP contribution in [-0.2, 0) is 11.3 Å². The van der Waals surface area contributed by atoms with Gasteiger partial charge in [-0.3, -0.25) is 4.90 Å². The summed E-state index contributed by atoms with van der Waals surface area (Å²) in [5.74, 6) is 3.53. The Labute approximate surface area is 197 Å². The molecule has 0 aliphatic carbocycles. The number of rotatable bonds is 2. The molecule has 166 valence electrons. The maximum Gasteiger partial charge on any atom is 0.410 e. The largest absolute Gasteiger partial charge is 0.444 e. The van der Waals surface area contributed by atoms with Crippen LogP contribution >= 0.6 is 22.6 Å². The first kappa shape index (κ1) is 25.2. The number of amides is 1. The molecule has 0 saturated carbocycles. The summed E-state index contributed by atoms with van der Waals surface area (Å²) in [5.41, 5.74) is 9.66. The lowest BCUT2D eigenvalue weighted by Crippen LogP contribution is -2.49. The van der Waals surface area contributed by atoms with Crippen LogP contribution < -0.4 is 0 Å². The molecule has 2 rings (SSSR count). The summed E-state index contributed by atoms with van der Waals surface area (Å²) in [7, 11) is -1.44. The van der Waals surface area contributed by atoms with Gasteiger partial charge in [0.05, 0.1) is 0 Å². The molecule has 1 aromatic rings. The topological polar surface area (TPSA) is 32.8 Å². The Morgan fingerprint density at radius 3 is 2.10 bits per heavy atom. The summed E-state index contributed by atoms with van der Waals surface area (Å²) >= 11 is 2.47. The van der Waals surface area contributed by atoms with Gasteiger partial charge in [-0.1, -0.05) is 25.6 Å². The van der Waals surface area contributed by atoms with Crippen LogP contribution in [0.4, 0.5) is 4.79 Å². The highest BCUT2D eigenvalue weighted by Crippen LogP contribution is 2.29. The Morgan fingerprint density at radius 2 is 1.60 bits per heavy atom. The van der Waals surface area contributed by atoms with Crippen LogP contribution in [0, 0.1) is 35.8 Å². The molecule has 1 fully saturated rings. The van der Waals surface area contributed by atoms with Crippen LogP contribution in [0.3, 0.4) is 0 Å². The van der Waals surface area contributed by atoms with E-state index < -0.39 is 13.7 Å². The molecule has 30 heavy (non-hydrogen) atoms. The number of ether oxygens (including phenoxy) is 1. The van der Waals surface area contributed by atoms with Crippen LogP contribution in [0.2, 0.25) is 19.6 Å². The number of nitrogens with zero attached hydrogens (tertiary/aromatic N) is 2. The van der Waals surface area contributed by atoms with E-state index in [1.54, 1.807) is 0 Å². The Bertz CT molecular complexity index is 865. The highest BCUT2D eigenvalue weighted by molar-refractivity contribution is 14.1. The standard InChI is InChI=1S/C24H37IN2O2Si/c1-17-20(10-15-30(7,8)9)18(2)22(25)19(3)21(17)16-26-11-13-27(14-12-26)23(28)29-24(4,5)6/h11-14,16H2,1-9H3. The van der Waals surface area contributed by atoms with E-state index >= 15 is 0 Å². The second-order valence-corrected chi connectivity index (χ2v) is 16.1. The van der Waals surface area contributed by atoms with Crippen LogP contribution in [-0.4, -0.2) is 55.7 Å². The van der Waals surface area contributed by atoms with Crippen LogP contribution in [0.15, 0.2) is 0 Å². The Kier molecular flexibility index (Phi) is 8.09. The number of carbonyl (C=O) groups excluding carboxylic acids is 1. The smallest absolute Gasteiger partial charge is 0.410 e. The highest BCUT2D eigenvalue weighted by Gasteiger charge is 2.26. The van der Waals surface area contributed by atoms with Gasteiger partial charge in [0.25, 0.3) is 0 Å². The number of piperazine rings is 1. The summed E-state index contributed by atoms with van der Waals surface area (Å²) in [4.78, 5) is 16.6. The molecule has 0 N–H and O–H groups in total. The molecule has 1 aliphatic heterocycles. The van der Waals surface area contributed by atoms with E-state index in [4.69, 9.17) is 4.74 Å². The van der Waals surface area contributed by atoms with Crippen molar-refractivity contribution in [3.63, 3.8) is 0 Å². The molecule has 1 aliphatic rings. The fourth-order valence-corrected chi connectivity index (χ4v) is 4.65.